The Morgan fingerprint density at radius 2 is 2.00 bits per heavy atom. The molecule has 0 aliphatic carbocycles. The third-order valence-electron chi connectivity index (χ3n) is 2.37. The van der Waals surface area contributed by atoms with Crippen molar-refractivity contribution in [3.05, 3.63) is 39.3 Å². The third-order valence-corrected chi connectivity index (χ3v) is 3.60. The van der Waals surface area contributed by atoms with Gasteiger partial charge >= 0.3 is 5.97 Å². The maximum absolute atomic E-state index is 10.9. The molecule has 0 amide bonds. The van der Waals surface area contributed by atoms with Crippen LogP contribution in [0.25, 0.3) is 0 Å². The topological polar surface area (TPSA) is 66.3 Å². The number of carboxylic acid groups (broad SMARTS) is 1. The van der Waals surface area contributed by atoms with Gasteiger partial charge in [-0.05, 0) is 24.3 Å². The summed E-state index contributed by atoms with van der Waals surface area (Å²) >= 11 is 12.8. The first-order valence-corrected chi connectivity index (χ1v) is 6.78. The fourth-order valence-electron chi connectivity index (χ4n) is 1.53. The molecule has 0 aliphatic rings. The number of anilines is 1. The number of carbonyl (C=O) groups is 1. The monoisotopic (exact) mass is 317 g/mol. The zero-order valence-corrected chi connectivity index (χ0v) is 11.9. The molecule has 1 heterocycles. The number of carboxylic acids is 1. The highest BCUT2D eigenvalue weighted by Gasteiger charge is 2.15. The largest absolute Gasteiger partial charge is 0.480 e. The molecule has 0 atom stereocenters. The van der Waals surface area contributed by atoms with Crippen molar-refractivity contribution in [1.29, 1.82) is 0 Å². The fourth-order valence-corrected chi connectivity index (χ4v) is 2.26. The van der Waals surface area contributed by atoms with Gasteiger partial charge in [-0.2, -0.15) is 0 Å². The summed E-state index contributed by atoms with van der Waals surface area (Å²) in [6, 6.07) is 6.90. The molecule has 2 rings (SSSR count). The van der Waals surface area contributed by atoms with E-state index in [0.717, 1.165) is 17.2 Å². The van der Waals surface area contributed by atoms with Crippen LogP contribution in [-0.4, -0.2) is 27.2 Å². The molecule has 5 nitrogen and oxygen atoms in total. The predicted molar refractivity (Wildman–Crippen MR) is 75.1 cm³/mol. The Kier molecular flexibility index (Phi) is 4.57. The molecule has 8 heteroatoms. The Morgan fingerprint density at radius 3 is 2.53 bits per heavy atom. The van der Waals surface area contributed by atoms with Gasteiger partial charge < -0.3 is 10.0 Å². The van der Waals surface area contributed by atoms with Crippen molar-refractivity contribution < 1.29 is 9.90 Å². The van der Waals surface area contributed by atoms with Crippen molar-refractivity contribution >= 4 is 46.4 Å². The van der Waals surface area contributed by atoms with Gasteiger partial charge in [0, 0.05) is 22.2 Å². The molecular weight excluding hydrogens is 309 g/mol. The minimum Gasteiger partial charge on any atom is -0.480 e. The van der Waals surface area contributed by atoms with E-state index in [1.807, 2.05) is 0 Å². The van der Waals surface area contributed by atoms with Gasteiger partial charge in [0.05, 0.1) is 6.54 Å². The first kappa shape index (κ1) is 14.0. The van der Waals surface area contributed by atoms with Gasteiger partial charge in [0.1, 0.15) is 16.6 Å². The van der Waals surface area contributed by atoms with Gasteiger partial charge in [-0.15, -0.1) is 5.10 Å². The summed E-state index contributed by atoms with van der Waals surface area (Å²) in [5.41, 5.74) is 1.29. The number of benzene rings is 1. The van der Waals surface area contributed by atoms with Gasteiger partial charge in [-0.1, -0.05) is 27.7 Å². The summed E-state index contributed by atoms with van der Waals surface area (Å²) in [6.07, 6.45) is 0. The second-order valence-corrected chi connectivity index (χ2v) is 5.51. The maximum Gasteiger partial charge on any atom is 0.323 e. The normalized spacial score (nSPS) is 10.4. The molecule has 0 aliphatic heterocycles. The van der Waals surface area contributed by atoms with Crippen LogP contribution >= 0.6 is 34.7 Å². The Balaban J connectivity index is 2.23. The highest BCUT2D eigenvalue weighted by Crippen LogP contribution is 2.23. The van der Waals surface area contributed by atoms with Gasteiger partial charge in [-0.25, -0.2) is 0 Å². The summed E-state index contributed by atoms with van der Waals surface area (Å²) in [5.74, 6) is -0.936. The van der Waals surface area contributed by atoms with Crippen molar-refractivity contribution in [3.8, 4) is 0 Å². The van der Waals surface area contributed by atoms with Gasteiger partial charge in [0.2, 0.25) is 0 Å². The van der Waals surface area contributed by atoms with Crippen LogP contribution in [0.1, 0.15) is 5.69 Å². The third kappa shape index (κ3) is 3.79. The zero-order chi connectivity index (χ0) is 13.8. The molecule has 100 valence electrons. The highest BCUT2D eigenvalue weighted by atomic mass is 35.5. The van der Waals surface area contributed by atoms with Gasteiger partial charge in [0.25, 0.3) is 0 Å². The second-order valence-electron chi connectivity index (χ2n) is 3.72. The summed E-state index contributed by atoms with van der Waals surface area (Å²) in [7, 11) is 0. The van der Waals surface area contributed by atoms with Crippen LogP contribution < -0.4 is 4.90 Å². The summed E-state index contributed by atoms with van der Waals surface area (Å²) in [6.45, 7) is 0.124. The van der Waals surface area contributed by atoms with Crippen molar-refractivity contribution in [3.63, 3.8) is 0 Å². The minimum absolute atomic E-state index is 0.157. The number of halogens is 2. The number of rotatable bonds is 5. The number of nitrogens with zero attached hydrogens (tertiary/aromatic N) is 3. The zero-order valence-electron chi connectivity index (χ0n) is 9.58. The molecule has 0 saturated carbocycles. The number of hydrogen-bond acceptors (Lipinski definition) is 5. The Morgan fingerprint density at radius 1 is 1.32 bits per heavy atom. The standard InChI is InChI=1S/C11H9Cl2N3O2S/c12-7-1-3-8(4-2-7)16(6-10(17)18)5-9-11(13)19-15-14-9/h1-4H,5-6H2,(H,17,18). The van der Waals surface area contributed by atoms with E-state index in [2.05, 4.69) is 9.59 Å². The molecule has 0 radical (unpaired) electrons. The lowest BCUT2D eigenvalue weighted by atomic mass is 10.2. The van der Waals surface area contributed by atoms with Crippen LogP contribution in [0.15, 0.2) is 24.3 Å². The average Bonchev–Trinajstić information content (AvgIpc) is 2.75. The molecule has 1 aromatic heterocycles. The van der Waals surface area contributed by atoms with E-state index in [-0.39, 0.29) is 13.1 Å². The number of aliphatic carboxylic acids is 1. The molecule has 2 aromatic rings. The maximum atomic E-state index is 10.9. The van der Waals surface area contributed by atoms with Crippen LogP contribution in [0.3, 0.4) is 0 Å². The lowest BCUT2D eigenvalue weighted by Crippen LogP contribution is -2.29. The van der Waals surface area contributed by atoms with Crippen molar-refractivity contribution in [2.45, 2.75) is 6.54 Å². The van der Waals surface area contributed by atoms with E-state index in [1.54, 1.807) is 29.2 Å². The van der Waals surface area contributed by atoms with Crippen molar-refractivity contribution in [2.24, 2.45) is 0 Å². The van der Waals surface area contributed by atoms with E-state index in [0.29, 0.717) is 15.1 Å². The van der Waals surface area contributed by atoms with E-state index in [9.17, 15) is 4.79 Å². The Hall–Kier alpha value is -1.37. The molecule has 19 heavy (non-hydrogen) atoms. The summed E-state index contributed by atoms with van der Waals surface area (Å²) in [5, 5.41) is 13.4. The molecule has 0 fully saturated rings. The number of hydrogen-bond donors (Lipinski definition) is 1. The molecule has 0 saturated heterocycles. The van der Waals surface area contributed by atoms with Crippen molar-refractivity contribution in [2.75, 3.05) is 11.4 Å². The minimum atomic E-state index is -0.936. The van der Waals surface area contributed by atoms with Crippen LogP contribution in [0, 0.1) is 0 Å². The molecule has 0 spiro atoms. The lowest BCUT2D eigenvalue weighted by Gasteiger charge is -2.21. The summed E-state index contributed by atoms with van der Waals surface area (Å²) in [4.78, 5) is 12.6. The molecule has 0 unspecified atom stereocenters. The van der Waals surface area contributed by atoms with Crippen LogP contribution in [0.2, 0.25) is 9.36 Å². The first-order valence-electron chi connectivity index (χ1n) is 5.25. The fraction of sp³-hybridized carbons (Fsp3) is 0.182. The Bertz CT molecular complexity index is 574. The summed E-state index contributed by atoms with van der Waals surface area (Å²) < 4.78 is 4.19. The van der Waals surface area contributed by atoms with Gasteiger partial charge in [-0.3, -0.25) is 4.79 Å². The Labute approximate surface area is 123 Å². The lowest BCUT2D eigenvalue weighted by molar-refractivity contribution is -0.135. The molecule has 0 bridgehead atoms. The SMILES string of the molecule is O=C(O)CN(Cc1nnsc1Cl)c1ccc(Cl)cc1. The predicted octanol–water partition coefficient (Wildman–Crippen LogP) is 2.94. The average molecular weight is 318 g/mol. The van der Waals surface area contributed by atoms with E-state index >= 15 is 0 Å². The first-order chi connectivity index (χ1) is 9.06. The van der Waals surface area contributed by atoms with Gasteiger partial charge in [0.15, 0.2) is 0 Å². The second kappa shape index (κ2) is 6.18. The van der Waals surface area contributed by atoms with Crippen molar-refractivity contribution in [1.82, 2.24) is 9.59 Å². The van der Waals surface area contributed by atoms with Crippen LogP contribution in [0.5, 0.6) is 0 Å². The highest BCUT2D eigenvalue weighted by molar-refractivity contribution is 7.10. The molecule has 1 N–H and O–H groups in total. The van der Waals surface area contributed by atoms with E-state index in [4.69, 9.17) is 28.3 Å². The van der Waals surface area contributed by atoms with Crippen LogP contribution in [-0.2, 0) is 11.3 Å². The van der Waals surface area contributed by atoms with Crippen LogP contribution in [0.4, 0.5) is 5.69 Å². The molecule has 1 aromatic carbocycles. The van der Waals surface area contributed by atoms with E-state index < -0.39 is 5.97 Å². The number of aromatic nitrogens is 2. The molecular formula is C11H9Cl2N3O2S. The quantitative estimate of drug-likeness (QED) is 0.918. The smallest absolute Gasteiger partial charge is 0.323 e. The van der Waals surface area contributed by atoms with E-state index in [1.165, 1.54) is 0 Å².